The number of benzene rings is 1. The van der Waals surface area contributed by atoms with Gasteiger partial charge in [-0.1, -0.05) is 18.2 Å². The maximum Gasteiger partial charge on any atom is 0.492 e. The Labute approximate surface area is 117 Å². The summed E-state index contributed by atoms with van der Waals surface area (Å²) in [5.41, 5.74) is 0. The minimum atomic E-state index is -0.706. The number of hydrogen-bond donors (Lipinski definition) is 0. The van der Waals surface area contributed by atoms with Crippen LogP contribution in [0.15, 0.2) is 40.4 Å². The van der Waals surface area contributed by atoms with Crippen molar-refractivity contribution in [2.45, 2.75) is 16.6 Å². The molecule has 8 nitrogen and oxygen atoms in total. The maximum atomic E-state index is 11.3. The Morgan fingerprint density at radius 2 is 2.15 bits per heavy atom. The van der Waals surface area contributed by atoms with Crippen LogP contribution in [-0.2, 0) is 16.1 Å². The second-order valence-corrected chi connectivity index (χ2v) is 4.64. The quantitative estimate of drug-likeness (QED) is 0.468. The van der Waals surface area contributed by atoms with Crippen LogP contribution in [0.5, 0.6) is 0 Å². The molecule has 0 N–H and O–H groups in total. The zero-order valence-electron chi connectivity index (χ0n) is 10.4. The Kier molecular flexibility index (Phi) is 4.31. The number of nitrogens with zero attached hydrogens (tertiary/aromatic N) is 4. The van der Waals surface area contributed by atoms with Crippen molar-refractivity contribution in [3.05, 3.63) is 40.4 Å². The molecule has 2 rings (SSSR count). The summed E-state index contributed by atoms with van der Waals surface area (Å²) in [6.07, 6.45) is 0. The van der Waals surface area contributed by atoms with Crippen molar-refractivity contribution in [2.24, 2.45) is 0 Å². The van der Waals surface area contributed by atoms with Gasteiger partial charge in [0.25, 0.3) is 5.16 Å². The van der Waals surface area contributed by atoms with E-state index in [2.05, 4.69) is 14.8 Å². The molecule has 20 heavy (non-hydrogen) atoms. The van der Waals surface area contributed by atoms with Crippen molar-refractivity contribution in [3.63, 3.8) is 0 Å². The fourth-order valence-corrected chi connectivity index (χ4v) is 2.20. The monoisotopic (exact) mass is 294 g/mol. The van der Waals surface area contributed by atoms with Crippen molar-refractivity contribution in [3.8, 4) is 0 Å². The van der Waals surface area contributed by atoms with Gasteiger partial charge < -0.3 is 14.9 Å². The molecule has 0 amide bonds. The fourth-order valence-electron chi connectivity index (χ4n) is 1.35. The van der Waals surface area contributed by atoms with Crippen LogP contribution in [0.1, 0.15) is 0 Å². The molecule has 9 heteroatoms. The van der Waals surface area contributed by atoms with Gasteiger partial charge in [0.05, 0.1) is 7.11 Å². The van der Waals surface area contributed by atoms with E-state index in [9.17, 15) is 14.9 Å². The fraction of sp³-hybridized carbons (Fsp3) is 0.182. The van der Waals surface area contributed by atoms with E-state index in [1.165, 1.54) is 18.9 Å². The lowest BCUT2D eigenvalue weighted by atomic mass is 10.4. The highest BCUT2D eigenvalue weighted by Gasteiger charge is 2.24. The van der Waals surface area contributed by atoms with E-state index in [-0.39, 0.29) is 11.7 Å². The predicted molar refractivity (Wildman–Crippen MR) is 69.3 cm³/mol. The zero-order valence-corrected chi connectivity index (χ0v) is 11.2. The molecule has 0 saturated carbocycles. The lowest BCUT2D eigenvalue weighted by Gasteiger charge is -1.99. The van der Waals surface area contributed by atoms with Crippen molar-refractivity contribution >= 4 is 23.7 Å². The molecule has 1 heterocycles. The SMILES string of the molecule is COC(=O)Cn1nc([N+](=O)[O-])nc1Sc1ccccc1. The Morgan fingerprint density at radius 1 is 1.45 bits per heavy atom. The first kappa shape index (κ1) is 14.0. The summed E-state index contributed by atoms with van der Waals surface area (Å²) >= 11 is 1.18. The topological polar surface area (TPSA) is 100 Å². The summed E-state index contributed by atoms with van der Waals surface area (Å²) in [6, 6.07) is 9.17. The van der Waals surface area contributed by atoms with Gasteiger partial charge in [0.2, 0.25) is 0 Å². The largest absolute Gasteiger partial charge is 0.492 e. The van der Waals surface area contributed by atoms with Crippen LogP contribution in [0.3, 0.4) is 0 Å². The van der Waals surface area contributed by atoms with Crippen LogP contribution in [0.4, 0.5) is 5.95 Å². The minimum Gasteiger partial charge on any atom is -0.468 e. The van der Waals surface area contributed by atoms with Crippen molar-refractivity contribution < 1.29 is 14.5 Å². The van der Waals surface area contributed by atoms with Crippen LogP contribution in [-0.4, -0.2) is 32.8 Å². The number of carbonyl (C=O) groups excluding carboxylic acids is 1. The highest BCUT2D eigenvalue weighted by atomic mass is 32.2. The number of aromatic nitrogens is 3. The van der Waals surface area contributed by atoms with Gasteiger partial charge >= 0.3 is 11.9 Å². The highest BCUT2D eigenvalue weighted by molar-refractivity contribution is 7.99. The Hall–Kier alpha value is -2.42. The normalized spacial score (nSPS) is 10.2. The molecular weight excluding hydrogens is 284 g/mol. The predicted octanol–water partition coefficient (Wildman–Crippen LogP) is 1.51. The lowest BCUT2D eigenvalue weighted by molar-refractivity contribution is -0.394. The third-order valence-corrected chi connectivity index (χ3v) is 3.24. The minimum absolute atomic E-state index is 0.230. The van der Waals surface area contributed by atoms with E-state index < -0.39 is 16.8 Å². The molecule has 1 aromatic heterocycles. The first-order valence-corrected chi connectivity index (χ1v) is 6.30. The summed E-state index contributed by atoms with van der Waals surface area (Å²) in [5.74, 6) is -1.10. The van der Waals surface area contributed by atoms with Crippen molar-refractivity contribution in [2.75, 3.05) is 7.11 Å². The summed E-state index contributed by atoms with van der Waals surface area (Å²) in [6.45, 7) is -0.230. The third kappa shape index (κ3) is 3.32. The number of ether oxygens (including phenoxy) is 1. The van der Waals surface area contributed by atoms with Crippen LogP contribution < -0.4 is 0 Å². The molecule has 2 aromatic rings. The number of nitro groups is 1. The van der Waals surface area contributed by atoms with E-state index in [4.69, 9.17) is 0 Å². The van der Waals surface area contributed by atoms with Crippen LogP contribution >= 0.6 is 11.8 Å². The van der Waals surface area contributed by atoms with Crippen LogP contribution in [0, 0.1) is 10.1 Å². The standard InChI is InChI=1S/C11H10N4O4S/c1-19-9(16)7-14-11(12-10(13-14)15(17)18)20-8-5-3-2-4-6-8/h2-6H,7H2,1H3. The van der Waals surface area contributed by atoms with E-state index in [0.29, 0.717) is 0 Å². The van der Waals surface area contributed by atoms with Gasteiger partial charge in [-0.15, -0.1) is 4.68 Å². The average molecular weight is 294 g/mol. The van der Waals surface area contributed by atoms with Gasteiger partial charge in [-0.05, 0) is 33.8 Å². The van der Waals surface area contributed by atoms with E-state index >= 15 is 0 Å². The molecule has 0 spiro atoms. The van der Waals surface area contributed by atoms with Gasteiger partial charge in [0, 0.05) is 9.99 Å². The molecule has 104 valence electrons. The second-order valence-electron chi connectivity index (χ2n) is 3.60. The van der Waals surface area contributed by atoms with Crippen LogP contribution in [0.2, 0.25) is 0 Å². The molecule has 0 radical (unpaired) electrons. The molecule has 0 unspecified atom stereocenters. The summed E-state index contributed by atoms with van der Waals surface area (Å²) in [7, 11) is 1.23. The summed E-state index contributed by atoms with van der Waals surface area (Å²) in [5, 5.41) is 14.7. The molecule has 0 atom stereocenters. The van der Waals surface area contributed by atoms with E-state index in [1.54, 1.807) is 0 Å². The van der Waals surface area contributed by atoms with E-state index in [1.807, 2.05) is 30.3 Å². The maximum absolute atomic E-state index is 11.3. The first-order chi connectivity index (χ1) is 9.60. The molecule has 0 aliphatic heterocycles. The first-order valence-electron chi connectivity index (χ1n) is 5.49. The van der Waals surface area contributed by atoms with Crippen LogP contribution in [0.25, 0.3) is 0 Å². The molecule has 0 aliphatic carbocycles. The molecule has 0 aliphatic rings. The average Bonchev–Trinajstić information content (AvgIpc) is 2.83. The molecule has 1 aromatic carbocycles. The molecule has 0 saturated heterocycles. The summed E-state index contributed by atoms with van der Waals surface area (Å²) < 4.78 is 5.68. The Bertz CT molecular complexity index is 629. The summed E-state index contributed by atoms with van der Waals surface area (Å²) in [4.78, 5) is 25.9. The Balaban J connectivity index is 2.29. The zero-order chi connectivity index (χ0) is 14.5. The van der Waals surface area contributed by atoms with Crippen molar-refractivity contribution in [1.82, 2.24) is 14.8 Å². The molecular formula is C11H10N4O4S. The lowest BCUT2D eigenvalue weighted by Crippen LogP contribution is -2.13. The number of carbonyl (C=O) groups is 1. The van der Waals surface area contributed by atoms with Crippen molar-refractivity contribution in [1.29, 1.82) is 0 Å². The third-order valence-electron chi connectivity index (χ3n) is 2.25. The van der Waals surface area contributed by atoms with Gasteiger partial charge in [-0.3, -0.25) is 4.79 Å². The second kappa shape index (κ2) is 6.15. The van der Waals surface area contributed by atoms with E-state index in [0.717, 1.165) is 9.58 Å². The number of methoxy groups -OCH3 is 1. The number of esters is 1. The highest BCUT2D eigenvalue weighted by Crippen LogP contribution is 2.27. The van der Waals surface area contributed by atoms with Gasteiger partial charge in [0.1, 0.15) is 0 Å². The number of rotatable bonds is 5. The Morgan fingerprint density at radius 3 is 2.75 bits per heavy atom. The number of hydrogen-bond acceptors (Lipinski definition) is 7. The molecule has 0 bridgehead atoms. The molecule has 0 fully saturated rings. The van der Waals surface area contributed by atoms with Gasteiger partial charge in [0.15, 0.2) is 6.54 Å². The van der Waals surface area contributed by atoms with Gasteiger partial charge in [-0.2, -0.15) is 0 Å². The smallest absolute Gasteiger partial charge is 0.468 e. The van der Waals surface area contributed by atoms with Gasteiger partial charge in [-0.25, -0.2) is 0 Å².